The predicted molar refractivity (Wildman–Crippen MR) is 83.2 cm³/mol. The van der Waals surface area contributed by atoms with Gasteiger partial charge in [-0.1, -0.05) is 42.5 Å². The third-order valence-corrected chi connectivity index (χ3v) is 3.98. The van der Waals surface area contributed by atoms with Gasteiger partial charge in [0.15, 0.2) is 0 Å². The molecule has 1 amide bonds. The first-order valence-corrected chi connectivity index (χ1v) is 7.07. The second kappa shape index (κ2) is 4.70. The molecule has 1 aliphatic heterocycles. The summed E-state index contributed by atoms with van der Waals surface area (Å²) in [5.41, 5.74) is 3.64. The lowest BCUT2D eigenvalue weighted by atomic mass is 9.91. The SMILES string of the molecule is O=C1NC(=Cc2ccc3ccccc3n2)C2CC=CC=C12. The number of nitrogens with one attached hydrogen (secondary N) is 1. The van der Waals surface area contributed by atoms with E-state index < -0.39 is 0 Å². The summed E-state index contributed by atoms with van der Waals surface area (Å²) in [6, 6.07) is 12.1. The molecule has 1 fully saturated rings. The first-order chi connectivity index (χ1) is 10.3. The van der Waals surface area contributed by atoms with Crippen LogP contribution in [-0.2, 0) is 4.79 Å². The minimum atomic E-state index is 0.0105. The maximum atomic E-state index is 11.9. The molecule has 0 bridgehead atoms. The fourth-order valence-electron chi connectivity index (χ4n) is 2.91. The van der Waals surface area contributed by atoms with E-state index in [-0.39, 0.29) is 11.8 Å². The molecule has 21 heavy (non-hydrogen) atoms. The maximum absolute atomic E-state index is 11.9. The van der Waals surface area contributed by atoms with Crippen molar-refractivity contribution in [3.63, 3.8) is 0 Å². The number of benzene rings is 1. The third-order valence-electron chi connectivity index (χ3n) is 3.98. The Balaban J connectivity index is 1.75. The number of hydrogen-bond acceptors (Lipinski definition) is 2. The summed E-state index contributed by atoms with van der Waals surface area (Å²) >= 11 is 0. The van der Waals surface area contributed by atoms with Crippen molar-refractivity contribution < 1.29 is 4.79 Å². The van der Waals surface area contributed by atoms with E-state index in [0.717, 1.165) is 34.3 Å². The molecule has 1 N–H and O–H groups in total. The number of nitrogens with zero attached hydrogens (tertiary/aromatic N) is 1. The molecule has 0 spiro atoms. The number of aromatic nitrogens is 1. The molecular weight excluding hydrogens is 260 g/mol. The normalized spacial score (nSPS) is 22.3. The van der Waals surface area contributed by atoms with Crippen molar-refractivity contribution in [2.75, 3.05) is 0 Å². The Morgan fingerprint density at radius 1 is 1.19 bits per heavy atom. The van der Waals surface area contributed by atoms with E-state index in [0.29, 0.717) is 0 Å². The van der Waals surface area contributed by atoms with E-state index in [9.17, 15) is 4.79 Å². The smallest absolute Gasteiger partial charge is 0.252 e. The van der Waals surface area contributed by atoms with Gasteiger partial charge in [0.05, 0.1) is 11.2 Å². The van der Waals surface area contributed by atoms with Crippen LogP contribution >= 0.6 is 0 Å². The number of hydrogen-bond donors (Lipinski definition) is 1. The molecule has 0 radical (unpaired) electrons. The Bertz CT molecular complexity index is 830. The monoisotopic (exact) mass is 274 g/mol. The molecule has 3 heteroatoms. The fourth-order valence-corrected chi connectivity index (χ4v) is 2.91. The maximum Gasteiger partial charge on any atom is 0.252 e. The summed E-state index contributed by atoms with van der Waals surface area (Å²) in [5.74, 6) is 0.159. The van der Waals surface area contributed by atoms with Gasteiger partial charge in [0.25, 0.3) is 5.91 Å². The number of carbonyl (C=O) groups excluding carboxylic acids is 1. The van der Waals surface area contributed by atoms with Crippen LogP contribution in [0.25, 0.3) is 17.0 Å². The summed E-state index contributed by atoms with van der Waals surface area (Å²) in [4.78, 5) is 16.6. The van der Waals surface area contributed by atoms with Crippen molar-refractivity contribution in [3.05, 3.63) is 71.6 Å². The average Bonchev–Trinajstić information content (AvgIpc) is 2.84. The van der Waals surface area contributed by atoms with Crippen molar-refractivity contribution >= 4 is 22.9 Å². The predicted octanol–water partition coefficient (Wildman–Crippen LogP) is 3.21. The van der Waals surface area contributed by atoms with Crippen molar-refractivity contribution in [3.8, 4) is 0 Å². The van der Waals surface area contributed by atoms with Gasteiger partial charge < -0.3 is 5.32 Å². The highest BCUT2D eigenvalue weighted by molar-refractivity contribution is 6.00. The number of fused-ring (bicyclic) bond motifs is 2. The molecule has 1 saturated heterocycles. The van der Waals surface area contributed by atoms with Gasteiger partial charge in [-0.2, -0.15) is 0 Å². The lowest BCUT2D eigenvalue weighted by molar-refractivity contribution is -0.115. The summed E-state index contributed by atoms with van der Waals surface area (Å²) in [7, 11) is 0. The van der Waals surface area contributed by atoms with Crippen LogP contribution in [0.1, 0.15) is 12.1 Å². The van der Waals surface area contributed by atoms with Gasteiger partial charge >= 0.3 is 0 Å². The van der Waals surface area contributed by atoms with E-state index in [1.165, 1.54) is 0 Å². The molecule has 4 rings (SSSR count). The van der Waals surface area contributed by atoms with E-state index in [1.807, 2.05) is 48.6 Å². The average molecular weight is 274 g/mol. The zero-order chi connectivity index (χ0) is 14.2. The van der Waals surface area contributed by atoms with E-state index >= 15 is 0 Å². The standard InChI is InChI=1S/C18H14N2O/c21-18-15-7-3-2-6-14(15)17(20-18)11-13-10-9-12-5-1-4-8-16(12)19-13/h1-5,7-11,14H,6H2,(H,20,21). The van der Waals surface area contributed by atoms with Crippen molar-refractivity contribution in [2.45, 2.75) is 6.42 Å². The number of amides is 1. The minimum absolute atomic E-state index is 0.0105. The molecule has 2 aliphatic rings. The van der Waals surface area contributed by atoms with Crippen LogP contribution in [0.2, 0.25) is 0 Å². The summed E-state index contributed by atoms with van der Waals surface area (Å²) in [5, 5.41) is 4.09. The molecule has 1 aromatic heterocycles. The second-order valence-corrected chi connectivity index (χ2v) is 5.32. The van der Waals surface area contributed by atoms with Gasteiger partial charge in [0, 0.05) is 22.6 Å². The molecular formula is C18H14N2O. The number of rotatable bonds is 1. The van der Waals surface area contributed by atoms with Gasteiger partial charge in [-0.25, -0.2) is 4.98 Å². The van der Waals surface area contributed by atoms with Gasteiger partial charge in [-0.05, 0) is 24.6 Å². The van der Waals surface area contributed by atoms with Crippen molar-refractivity contribution in [2.24, 2.45) is 5.92 Å². The molecule has 2 aromatic rings. The van der Waals surface area contributed by atoms with Crippen LogP contribution in [0, 0.1) is 5.92 Å². The van der Waals surface area contributed by atoms with E-state index in [4.69, 9.17) is 0 Å². The van der Waals surface area contributed by atoms with Gasteiger partial charge in [-0.15, -0.1) is 0 Å². The number of para-hydroxylation sites is 1. The lowest BCUT2D eigenvalue weighted by Gasteiger charge is -2.11. The first kappa shape index (κ1) is 12.1. The van der Waals surface area contributed by atoms with Gasteiger partial charge in [-0.3, -0.25) is 4.79 Å². The number of carbonyl (C=O) groups is 1. The Kier molecular flexibility index (Phi) is 2.71. The van der Waals surface area contributed by atoms with E-state index in [2.05, 4.69) is 22.4 Å². The third kappa shape index (κ3) is 2.07. The Morgan fingerprint density at radius 3 is 3.05 bits per heavy atom. The number of pyridine rings is 1. The topological polar surface area (TPSA) is 42.0 Å². The molecule has 1 unspecified atom stereocenters. The Morgan fingerprint density at radius 2 is 2.10 bits per heavy atom. The van der Waals surface area contributed by atoms with Gasteiger partial charge in [0.1, 0.15) is 0 Å². The summed E-state index contributed by atoms with van der Waals surface area (Å²) in [6.07, 6.45) is 8.79. The van der Waals surface area contributed by atoms with E-state index in [1.54, 1.807) is 0 Å². The van der Waals surface area contributed by atoms with Crippen molar-refractivity contribution in [1.82, 2.24) is 10.3 Å². The molecule has 1 aliphatic carbocycles. The first-order valence-electron chi connectivity index (χ1n) is 7.07. The molecule has 1 aromatic carbocycles. The summed E-state index contributed by atoms with van der Waals surface area (Å²) < 4.78 is 0. The highest BCUT2D eigenvalue weighted by atomic mass is 16.2. The van der Waals surface area contributed by atoms with Crippen LogP contribution in [0.3, 0.4) is 0 Å². The van der Waals surface area contributed by atoms with Crippen LogP contribution in [0.15, 0.2) is 65.9 Å². The second-order valence-electron chi connectivity index (χ2n) is 5.32. The van der Waals surface area contributed by atoms with Crippen molar-refractivity contribution in [1.29, 1.82) is 0 Å². The van der Waals surface area contributed by atoms with Crippen LogP contribution in [0.4, 0.5) is 0 Å². The Labute approximate surface area is 122 Å². The number of allylic oxidation sites excluding steroid dienone is 4. The fraction of sp³-hybridized carbons (Fsp3) is 0.111. The van der Waals surface area contributed by atoms with Gasteiger partial charge in [0.2, 0.25) is 0 Å². The molecule has 2 heterocycles. The van der Waals surface area contributed by atoms with Crippen LogP contribution in [0.5, 0.6) is 0 Å². The van der Waals surface area contributed by atoms with Crippen LogP contribution < -0.4 is 5.32 Å². The zero-order valence-electron chi connectivity index (χ0n) is 11.4. The molecule has 0 saturated carbocycles. The minimum Gasteiger partial charge on any atom is -0.325 e. The summed E-state index contributed by atoms with van der Waals surface area (Å²) in [6.45, 7) is 0. The quantitative estimate of drug-likeness (QED) is 0.867. The molecule has 3 nitrogen and oxygen atoms in total. The van der Waals surface area contributed by atoms with Crippen LogP contribution in [-0.4, -0.2) is 10.9 Å². The molecule has 1 atom stereocenters. The highest BCUT2D eigenvalue weighted by Crippen LogP contribution is 2.33. The largest absolute Gasteiger partial charge is 0.325 e. The Hall–Kier alpha value is -2.68. The molecule has 102 valence electrons. The highest BCUT2D eigenvalue weighted by Gasteiger charge is 2.32. The zero-order valence-corrected chi connectivity index (χ0v) is 11.4. The lowest BCUT2D eigenvalue weighted by Crippen LogP contribution is -2.13.